The maximum absolute atomic E-state index is 13.6. The number of ether oxygens (including phenoxy) is 1. The average molecular weight is 501 g/mol. The van der Waals surface area contributed by atoms with Crippen LogP contribution in [-0.4, -0.2) is 51.9 Å². The van der Waals surface area contributed by atoms with Gasteiger partial charge < -0.3 is 10.1 Å². The predicted molar refractivity (Wildman–Crippen MR) is 135 cm³/mol. The van der Waals surface area contributed by atoms with Crippen LogP contribution in [-0.2, 0) is 16.0 Å². The second kappa shape index (κ2) is 11.0. The monoisotopic (exact) mass is 500 g/mol. The maximum Gasteiger partial charge on any atom is 0.226 e. The molecule has 0 saturated carbocycles. The van der Waals surface area contributed by atoms with Crippen LogP contribution in [0.5, 0.6) is 0 Å². The van der Waals surface area contributed by atoms with Crippen LogP contribution in [0, 0.1) is 11.7 Å². The van der Waals surface area contributed by atoms with Gasteiger partial charge in [0.2, 0.25) is 5.91 Å². The summed E-state index contributed by atoms with van der Waals surface area (Å²) in [6, 6.07) is 6.92. The van der Waals surface area contributed by atoms with Crippen LogP contribution in [0.3, 0.4) is 0 Å². The van der Waals surface area contributed by atoms with Crippen molar-refractivity contribution in [1.82, 2.24) is 20.1 Å². The number of carbonyl (C=O) groups excluding carboxylic acids is 1. The fourth-order valence-corrected chi connectivity index (χ4v) is 6.48. The summed E-state index contributed by atoms with van der Waals surface area (Å²) < 4.78 is 21.1. The zero-order valence-electron chi connectivity index (χ0n) is 19.0. The standard InChI is InChI=1S/C25H29FN4O2S2/c26-19-3-1-18(2-4-19)24-22(15-28-30(24)21-7-11-33-12-8-21)25-29-20(16-34-25)13-23(31)27-14-17-5-9-32-10-6-17/h1-4,15-17,21H,5-14H2,(H,27,31). The first kappa shape index (κ1) is 23.5. The number of nitrogens with one attached hydrogen (secondary N) is 1. The summed E-state index contributed by atoms with van der Waals surface area (Å²) in [5.41, 5.74) is 3.60. The lowest BCUT2D eigenvalue weighted by Gasteiger charge is -2.24. The smallest absolute Gasteiger partial charge is 0.226 e. The van der Waals surface area contributed by atoms with E-state index in [2.05, 4.69) is 10.00 Å². The molecule has 0 spiro atoms. The molecular formula is C25H29FN4O2S2. The average Bonchev–Trinajstić information content (AvgIpc) is 3.52. The molecule has 2 saturated heterocycles. The van der Waals surface area contributed by atoms with Crippen LogP contribution in [0.4, 0.5) is 4.39 Å². The normalized spacial score (nSPS) is 17.7. The van der Waals surface area contributed by atoms with Gasteiger partial charge in [0.05, 0.1) is 35.6 Å². The summed E-state index contributed by atoms with van der Waals surface area (Å²) >= 11 is 3.50. The largest absolute Gasteiger partial charge is 0.381 e. The van der Waals surface area contributed by atoms with E-state index in [1.165, 1.54) is 23.5 Å². The molecule has 3 aromatic rings. The Morgan fingerprint density at radius 2 is 1.91 bits per heavy atom. The molecule has 9 heteroatoms. The quantitative estimate of drug-likeness (QED) is 0.496. The Morgan fingerprint density at radius 3 is 2.68 bits per heavy atom. The molecular weight excluding hydrogens is 471 g/mol. The van der Waals surface area contributed by atoms with Gasteiger partial charge >= 0.3 is 0 Å². The van der Waals surface area contributed by atoms with E-state index < -0.39 is 0 Å². The van der Waals surface area contributed by atoms with Crippen LogP contribution < -0.4 is 5.32 Å². The number of thioether (sulfide) groups is 1. The number of benzene rings is 1. The van der Waals surface area contributed by atoms with Crippen molar-refractivity contribution in [1.29, 1.82) is 0 Å². The van der Waals surface area contributed by atoms with Gasteiger partial charge in [-0.3, -0.25) is 9.48 Å². The van der Waals surface area contributed by atoms with Gasteiger partial charge in [0.15, 0.2) is 0 Å². The highest BCUT2D eigenvalue weighted by Gasteiger charge is 2.24. The third-order valence-electron chi connectivity index (χ3n) is 6.50. The molecule has 0 atom stereocenters. The number of nitrogens with zero attached hydrogens (tertiary/aromatic N) is 3. The van der Waals surface area contributed by atoms with Crippen molar-refractivity contribution in [2.45, 2.75) is 38.1 Å². The van der Waals surface area contributed by atoms with Gasteiger partial charge in [0, 0.05) is 30.7 Å². The van der Waals surface area contributed by atoms with E-state index in [9.17, 15) is 9.18 Å². The molecule has 5 rings (SSSR count). The van der Waals surface area contributed by atoms with Crippen molar-refractivity contribution in [3.8, 4) is 21.8 Å². The van der Waals surface area contributed by atoms with Crippen LogP contribution in [0.25, 0.3) is 21.8 Å². The molecule has 180 valence electrons. The Hall–Kier alpha value is -2.23. The minimum atomic E-state index is -0.256. The van der Waals surface area contributed by atoms with Crippen LogP contribution >= 0.6 is 23.1 Å². The summed E-state index contributed by atoms with van der Waals surface area (Å²) in [5, 5.41) is 10.6. The first-order valence-electron chi connectivity index (χ1n) is 11.9. The SMILES string of the molecule is O=C(Cc1csc(-c2cnn(C3CCSCC3)c2-c2ccc(F)cc2)n1)NCC1CCOCC1. The second-order valence-corrected chi connectivity index (χ2v) is 11.0. The number of aromatic nitrogens is 3. The molecule has 4 heterocycles. The van der Waals surface area contributed by atoms with E-state index in [1.807, 2.05) is 35.5 Å². The number of hydrogen-bond donors (Lipinski definition) is 1. The van der Waals surface area contributed by atoms with Gasteiger partial charge in [-0.2, -0.15) is 16.9 Å². The molecule has 6 nitrogen and oxygen atoms in total. The lowest BCUT2D eigenvalue weighted by molar-refractivity contribution is -0.120. The van der Waals surface area contributed by atoms with E-state index >= 15 is 0 Å². The Morgan fingerprint density at radius 1 is 1.15 bits per heavy atom. The molecule has 2 aliphatic rings. The van der Waals surface area contributed by atoms with Crippen LogP contribution in [0.15, 0.2) is 35.8 Å². The Labute approximate surface area is 207 Å². The summed E-state index contributed by atoms with van der Waals surface area (Å²) in [5.74, 6) is 2.47. The van der Waals surface area contributed by atoms with E-state index in [1.54, 1.807) is 0 Å². The third-order valence-corrected chi connectivity index (χ3v) is 8.48. The number of halogens is 1. The summed E-state index contributed by atoms with van der Waals surface area (Å²) in [6.07, 6.45) is 6.26. The van der Waals surface area contributed by atoms with Crippen molar-refractivity contribution in [3.05, 3.63) is 47.4 Å². The lowest BCUT2D eigenvalue weighted by Crippen LogP contribution is -2.33. The van der Waals surface area contributed by atoms with Crippen molar-refractivity contribution < 1.29 is 13.9 Å². The van der Waals surface area contributed by atoms with E-state index in [0.29, 0.717) is 18.5 Å². The molecule has 2 aromatic heterocycles. The van der Waals surface area contributed by atoms with Crippen molar-refractivity contribution >= 4 is 29.0 Å². The highest BCUT2D eigenvalue weighted by Crippen LogP contribution is 2.38. The molecule has 0 aliphatic carbocycles. The lowest BCUT2D eigenvalue weighted by atomic mass is 10.0. The van der Waals surface area contributed by atoms with Crippen LogP contribution in [0.1, 0.15) is 37.4 Å². The highest BCUT2D eigenvalue weighted by atomic mass is 32.2. The van der Waals surface area contributed by atoms with Crippen molar-refractivity contribution in [2.24, 2.45) is 5.92 Å². The summed E-state index contributed by atoms with van der Waals surface area (Å²) in [6.45, 7) is 2.25. The summed E-state index contributed by atoms with van der Waals surface area (Å²) in [4.78, 5) is 17.3. The van der Waals surface area contributed by atoms with Crippen molar-refractivity contribution in [3.63, 3.8) is 0 Å². The van der Waals surface area contributed by atoms with Gasteiger partial charge in [-0.15, -0.1) is 11.3 Å². The Kier molecular flexibility index (Phi) is 7.61. The minimum Gasteiger partial charge on any atom is -0.381 e. The fourth-order valence-electron chi connectivity index (χ4n) is 4.57. The first-order chi connectivity index (χ1) is 16.7. The molecule has 2 fully saturated rings. The zero-order valence-corrected chi connectivity index (χ0v) is 20.7. The molecule has 2 aliphatic heterocycles. The maximum atomic E-state index is 13.6. The predicted octanol–water partition coefficient (Wildman–Crippen LogP) is 4.97. The van der Waals surface area contributed by atoms with Gasteiger partial charge in [-0.05, 0) is 67.4 Å². The molecule has 34 heavy (non-hydrogen) atoms. The summed E-state index contributed by atoms with van der Waals surface area (Å²) in [7, 11) is 0. The second-order valence-electron chi connectivity index (χ2n) is 8.88. The van der Waals surface area contributed by atoms with E-state index in [-0.39, 0.29) is 18.1 Å². The minimum absolute atomic E-state index is 0.00231. The van der Waals surface area contributed by atoms with Gasteiger partial charge in [-0.1, -0.05) is 0 Å². The fraction of sp³-hybridized carbons (Fsp3) is 0.480. The van der Waals surface area contributed by atoms with Gasteiger partial charge in [0.1, 0.15) is 10.8 Å². The van der Waals surface area contributed by atoms with Gasteiger partial charge in [0.25, 0.3) is 0 Å². The molecule has 0 unspecified atom stereocenters. The van der Waals surface area contributed by atoms with E-state index in [4.69, 9.17) is 14.8 Å². The van der Waals surface area contributed by atoms with Crippen LogP contribution in [0.2, 0.25) is 0 Å². The number of thiazole rings is 1. The third kappa shape index (κ3) is 5.53. The van der Waals surface area contributed by atoms with Gasteiger partial charge in [-0.25, -0.2) is 9.37 Å². The van der Waals surface area contributed by atoms with E-state index in [0.717, 1.165) is 77.9 Å². The highest BCUT2D eigenvalue weighted by molar-refractivity contribution is 7.99. The zero-order chi connectivity index (χ0) is 23.3. The number of rotatable bonds is 7. The molecule has 0 bridgehead atoms. The first-order valence-corrected chi connectivity index (χ1v) is 13.9. The molecule has 0 radical (unpaired) electrons. The topological polar surface area (TPSA) is 69.0 Å². The molecule has 1 aromatic carbocycles. The molecule has 1 N–H and O–H groups in total. The Bertz CT molecular complexity index is 1100. The number of carbonyl (C=O) groups is 1. The number of hydrogen-bond acceptors (Lipinski definition) is 6. The number of amides is 1. The molecule has 1 amide bonds. The Balaban J connectivity index is 1.34. The van der Waals surface area contributed by atoms with Crippen molar-refractivity contribution in [2.75, 3.05) is 31.3 Å².